The monoisotopic (exact) mass is 362 g/mol. The molecule has 0 saturated carbocycles. The van der Waals surface area contributed by atoms with Crippen LogP contribution >= 0.6 is 0 Å². The third-order valence-corrected chi connectivity index (χ3v) is 4.81. The van der Waals surface area contributed by atoms with Crippen molar-refractivity contribution in [3.05, 3.63) is 23.8 Å². The fraction of sp³-hybridized carbons (Fsp3) is 0.650. The summed E-state index contributed by atoms with van der Waals surface area (Å²) in [7, 11) is 3.48. The van der Waals surface area contributed by atoms with Gasteiger partial charge in [-0.1, -0.05) is 6.07 Å². The Labute approximate surface area is 158 Å². The molecule has 1 aromatic carbocycles. The Balaban J connectivity index is 1.86. The number of ether oxygens (including phenoxy) is 2. The van der Waals surface area contributed by atoms with E-state index in [9.17, 15) is 0 Å². The Hall–Kier alpha value is -1.95. The van der Waals surface area contributed by atoms with E-state index in [1.54, 1.807) is 7.11 Å². The van der Waals surface area contributed by atoms with Gasteiger partial charge in [-0.05, 0) is 51.3 Å². The van der Waals surface area contributed by atoms with E-state index in [4.69, 9.17) is 9.47 Å². The SMILES string of the molecule is CCOc1cc(CNC(=NC)NC2CCN(C(C)C)CC2)ccc1OC. The summed E-state index contributed by atoms with van der Waals surface area (Å²) < 4.78 is 11.0. The van der Waals surface area contributed by atoms with Crippen molar-refractivity contribution in [3.8, 4) is 11.5 Å². The number of piperidine rings is 1. The van der Waals surface area contributed by atoms with Crippen molar-refractivity contribution in [2.75, 3.05) is 33.9 Å². The highest BCUT2D eigenvalue weighted by Crippen LogP contribution is 2.27. The van der Waals surface area contributed by atoms with Crippen molar-refractivity contribution in [3.63, 3.8) is 0 Å². The zero-order chi connectivity index (χ0) is 18.9. The summed E-state index contributed by atoms with van der Waals surface area (Å²) in [6.45, 7) is 10.1. The standard InChI is InChI=1S/C20H34N4O2/c1-6-26-19-13-16(7-8-18(19)25-5)14-22-20(21-4)23-17-9-11-24(12-10-17)15(2)3/h7-8,13,15,17H,6,9-12,14H2,1-5H3,(H2,21,22,23). The molecule has 1 saturated heterocycles. The number of methoxy groups -OCH3 is 1. The van der Waals surface area contributed by atoms with Crippen molar-refractivity contribution in [2.45, 2.75) is 52.2 Å². The van der Waals surface area contributed by atoms with E-state index in [1.807, 2.05) is 32.2 Å². The fourth-order valence-corrected chi connectivity index (χ4v) is 3.23. The molecule has 6 nitrogen and oxygen atoms in total. The van der Waals surface area contributed by atoms with E-state index in [1.165, 1.54) is 0 Å². The first kappa shape index (κ1) is 20.4. The van der Waals surface area contributed by atoms with Crippen LogP contribution < -0.4 is 20.1 Å². The third kappa shape index (κ3) is 5.80. The van der Waals surface area contributed by atoms with E-state index in [0.717, 1.165) is 49.0 Å². The van der Waals surface area contributed by atoms with Crippen molar-refractivity contribution >= 4 is 5.96 Å². The minimum absolute atomic E-state index is 0.478. The van der Waals surface area contributed by atoms with Crippen LogP contribution in [0.4, 0.5) is 0 Å². The average Bonchev–Trinajstić information content (AvgIpc) is 2.66. The number of guanidine groups is 1. The van der Waals surface area contributed by atoms with Gasteiger partial charge in [0.2, 0.25) is 0 Å². The first-order valence-electron chi connectivity index (χ1n) is 9.58. The summed E-state index contributed by atoms with van der Waals surface area (Å²) in [5, 5.41) is 6.96. The number of nitrogens with one attached hydrogen (secondary N) is 2. The number of nitrogens with zero attached hydrogens (tertiary/aromatic N) is 2. The molecule has 1 fully saturated rings. The van der Waals surface area contributed by atoms with Crippen molar-refractivity contribution in [2.24, 2.45) is 4.99 Å². The van der Waals surface area contributed by atoms with Crippen LogP contribution in [-0.4, -0.2) is 56.8 Å². The molecule has 1 aliphatic heterocycles. The summed E-state index contributed by atoms with van der Waals surface area (Å²) in [4.78, 5) is 6.90. The minimum Gasteiger partial charge on any atom is -0.493 e. The smallest absolute Gasteiger partial charge is 0.191 e. The number of rotatable bonds is 7. The van der Waals surface area contributed by atoms with Crippen LogP contribution in [0.5, 0.6) is 11.5 Å². The highest BCUT2D eigenvalue weighted by molar-refractivity contribution is 5.80. The Kier molecular flexibility index (Phi) is 8.04. The Morgan fingerprint density at radius 2 is 2.00 bits per heavy atom. The summed E-state index contributed by atoms with van der Waals surface area (Å²) in [5.74, 6) is 2.38. The Morgan fingerprint density at radius 3 is 2.58 bits per heavy atom. The normalized spacial score (nSPS) is 16.6. The quantitative estimate of drug-likeness (QED) is 0.577. The molecule has 0 amide bonds. The molecular weight excluding hydrogens is 328 g/mol. The second kappa shape index (κ2) is 10.3. The Morgan fingerprint density at radius 1 is 1.27 bits per heavy atom. The van der Waals surface area contributed by atoms with Gasteiger partial charge in [-0.3, -0.25) is 4.99 Å². The van der Waals surface area contributed by atoms with E-state index < -0.39 is 0 Å². The number of likely N-dealkylation sites (tertiary alicyclic amines) is 1. The van der Waals surface area contributed by atoms with Gasteiger partial charge in [-0.2, -0.15) is 0 Å². The van der Waals surface area contributed by atoms with Gasteiger partial charge < -0.3 is 25.0 Å². The predicted octanol–water partition coefficient (Wildman–Crippen LogP) is 2.63. The second-order valence-corrected chi connectivity index (χ2v) is 6.89. The molecule has 0 atom stereocenters. The lowest BCUT2D eigenvalue weighted by atomic mass is 10.0. The minimum atomic E-state index is 0.478. The van der Waals surface area contributed by atoms with E-state index in [-0.39, 0.29) is 0 Å². The summed E-state index contributed by atoms with van der Waals surface area (Å²) in [6, 6.07) is 7.11. The lowest BCUT2D eigenvalue weighted by molar-refractivity contribution is 0.167. The fourth-order valence-electron chi connectivity index (χ4n) is 3.23. The van der Waals surface area contributed by atoms with Crippen molar-refractivity contribution < 1.29 is 9.47 Å². The molecule has 0 bridgehead atoms. The van der Waals surface area contributed by atoms with Crippen molar-refractivity contribution in [1.29, 1.82) is 0 Å². The lowest BCUT2D eigenvalue weighted by Gasteiger charge is -2.35. The van der Waals surface area contributed by atoms with Gasteiger partial charge in [-0.25, -0.2) is 0 Å². The molecule has 0 aromatic heterocycles. The van der Waals surface area contributed by atoms with E-state index >= 15 is 0 Å². The van der Waals surface area contributed by atoms with Crippen LogP contribution in [0.3, 0.4) is 0 Å². The van der Waals surface area contributed by atoms with Crippen molar-refractivity contribution in [1.82, 2.24) is 15.5 Å². The van der Waals surface area contributed by atoms with Crippen LogP contribution in [0, 0.1) is 0 Å². The molecule has 6 heteroatoms. The lowest BCUT2D eigenvalue weighted by Crippen LogP contribution is -2.49. The van der Waals surface area contributed by atoms with Gasteiger partial charge in [-0.15, -0.1) is 0 Å². The third-order valence-electron chi connectivity index (χ3n) is 4.81. The van der Waals surface area contributed by atoms with E-state index in [2.05, 4.69) is 34.4 Å². The summed E-state index contributed by atoms with van der Waals surface area (Å²) >= 11 is 0. The molecule has 2 rings (SSSR count). The molecule has 146 valence electrons. The number of hydrogen-bond acceptors (Lipinski definition) is 4. The molecule has 1 aromatic rings. The highest BCUT2D eigenvalue weighted by atomic mass is 16.5. The molecule has 0 radical (unpaired) electrons. The average molecular weight is 363 g/mol. The first-order valence-corrected chi connectivity index (χ1v) is 9.58. The van der Waals surface area contributed by atoms with Crippen LogP contribution in [-0.2, 0) is 6.54 Å². The van der Waals surface area contributed by atoms with Crippen LogP contribution in [0.15, 0.2) is 23.2 Å². The van der Waals surface area contributed by atoms with Gasteiger partial charge in [0, 0.05) is 38.8 Å². The topological polar surface area (TPSA) is 58.1 Å². The zero-order valence-corrected chi connectivity index (χ0v) is 16.8. The largest absolute Gasteiger partial charge is 0.493 e. The number of benzene rings is 1. The maximum Gasteiger partial charge on any atom is 0.191 e. The van der Waals surface area contributed by atoms with Gasteiger partial charge in [0.15, 0.2) is 17.5 Å². The molecular formula is C20H34N4O2. The van der Waals surface area contributed by atoms with Gasteiger partial charge in [0.1, 0.15) is 0 Å². The molecule has 0 aliphatic carbocycles. The summed E-state index contributed by atoms with van der Waals surface area (Å²) in [6.07, 6.45) is 2.30. The second-order valence-electron chi connectivity index (χ2n) is 6.89. The zero-order valence-electron chi connectivity index (χ0n) is 16.8. The van der Waals surface area contributed by atoms with E-state index in [0.29, 0.717) is 25.2 Å². The predicted molar refractivity (Wildman–Crippen MR) is 107 cm³/mol. The summed E-state index contributed by atoms with van der Waals surface area (Å²) in [5.41, 5.74) is 1.13. The van der Waals surface area contributed by atoms with Crippen LogP contribution in [0.2, 0.25) is 0 Å². The maximum atomic E-state index is 5.65. The highest BCUT2D eigenvalue weighted by Gasteiger charge is 2.21. The molecule has 1 aliphatic rings. The molecule has 0 spiro atoms. The van der Waals surface area contributed by atoms with Crippen LogP contribution in [0.1, 0.15) is 39.2 Å². The van der Waals surface area contributed by atoms with Gasteiger partial charge in [0.05, 0.1) is 13.7 Å². The molecule has 0 unspecified atom stereocenters. The van der Waals surface area contributed by atoms with Gasteiger partial charge >= 0.3 is 0 Å². The number of hydrogen-bond donors (Lipinski definition) is 2. The van der Waals surface area contributed by atoms with Crippen LogP contribution in [0.25, 0.3) is 0 Å². The molecule has 2 N–H and O–H groups in total. The van der Waals surface area contributed by atoms with Gasteiger partial charge in [0.25, 0.3) is 0 Å². The Bertz CT molecular complexity index is 581. The first-order chi connectivity index (χ1) is 12.6. The maximum absolute atomic E-state index is 5.65. The molecule has 26 heavy (non-hydrogen) atoms. The molecule has 1 heterocycles. The number of aliphatic imine (C=N–C) groups is 1.